The molecule has 1 fully saturated rings. The summed E-state index contributed by atoms with van der Waals surface area (Å²) in [6.07, 6.45) is 3.15. The number of carbonyl (C=O) groups excluding carboxylic acids is 1. The Morgan fingerprint density at radius 3 is 2.70 bits per heavy atom. The molecule has 5 heteroatoms. The molecule has 1 aliphatic heterocycles. The van der Waals surface area contributed by atoms with Gasteiger partial charge in [0.15, 0.2) is 0 Å². The van der Waals surface area contributed by atoms with Crippen LogP contribution in [-0.2, 0) is 0 Å². The second-order valence-electron chi connectivity index (χ2n) is 7.49. The molecule has 0 unspecified atom stereocenters. The summed E-state index contributed by atoms with van der Waals surface area (Å²) in [6, 6.07) is 11.7. The molecule has 0 saturated carbocycles. The Labute approximate surface area is 160 Å². The van der Waals surface area contributed by atoms with E-state index in [0.29, 0.717) is 37.2 Å². The number of aryl methyl sites for hydroxylation is 1. The fourth-order valence-electron chi connectivity index (χ4n) is 4.15. The van der Waals surface area contributed by atoms with E-state index in [9.17, 15) is 15.0 Å². The number of rotatable bonds is 5. The smallest absolute Gasteiger partial charge is 0.256 e. The molecule has 1 aliphatic rings. The molecule has 2 atom stereocenters. The van der Waals surface area contributed by atoms with Crippen LogP contribution in [0.1, 0.15) is 42.2 Å². The molecule has 1 aromatic heterocycles. The number of piperidine rings is 1. The van der Waals surface area contributed by atoms with Gasteiger partial charge in [-0.05, 0) is 37.0 Å². The van der Waals surface area contributed by atoms with Crippen molar-refractivity contribution in [1.29, 1.82) is 0 Å². The Morgan fingerprint density at radius 2 is 2.04 bits per heavy atom. The fourth-order valence-corrected chi connectivity index (χ4v) is 4.15. The molecule has 1 amide bonds. The Morgan fingerprint density at radius 1 is 1.30 bits per heavy atom. The van der Waals surface area contributed by atoms with Crippen LogP contribution in [0.5, 0.6) is 0 Å². The van der Waals surface area contributed by atoms with Crippen molar-refractivity contribution in [1.82, 2.24) is 9.88 Å². The highest BCUT2D eigenvalue weighted by Gasteiger charge is 2.43. The molecule has 2 aromatic rings. The minimum absolute atomic E-state index is 0.0831. The highest BCUT2D eigenvalue weighted by Crippen LogP contribution is 2.36. The number of aromatic nitrogens is 1. The first kappa shape index (κ1) is 19.5. The first-order valence-electron chi connectivity index (χ1n) is 9.61. The van der Waals surface area contributed by atoms with Crippen LogP contribution in [0.25, 0.3) is 11.1 Å². The fraction of sp³-hybridized carbons (Fsp3) is 0.455. The van der Waals surface area contributed by atoms with E-state index in [1.54, 1.807) is 11.1 Å². The SMILES string of the molecule is CCC[C@@]1(CO)CN(C(=O)c2c(-c3ccccc3)ccnc2C)CC[C@H]1O. The number of aliphatic hydroxyl groups excluding tert-OH is 2. The maximum atomic E-state index is 13.5. The van der Waals surface area contributed by atoms with Crippen molar-refractivity contribution in [2.24, 2.45) is 5.41 Å². The molecule has 0 spiro atoms. The van der Waals surface area contributed by atoms with E-state index in [0.717, 1.165) is 17.5 Å². The standard InChI is InChI=1S/C22H28N2O3/c1-3-11-22(15-25)14-24(13-10-19(22)26)21(27)20-16(2)23-12-9-18(20)17-7-5-4-6-8-17/h4-9,12,19,25-26H,3,10-11,13-15H2,1-2H3/t19-,22+/m1/s1. The molecule has 0 aliphatic carbocycles. The first-order valence-corrected chi connectivity index (χ1v) is 9.61. The Hall–Kier alpha value is -2.24. The monoisotopic (exact) mass is 368 g/mol. The molecular formula is C22H28N2O3. The quantitative estimate of drug-likeness (QED) is 0.851. The third kappa shape index (κ3) is 3.75. The van der Waals surface area contributed by atoms with Gasteiger partial charge in [-0.3, -0.25) is 9.78 Å². The lowest BCUT2D eigenvalue weighted by Crippen LogP contribution is -2.55. The van der Waals surface area contributed by atoms with Crippen LogP contribution in [0.3, 0.4) is 0 Å². The second kappa shape index (κ2) is 8.19. The predicted octanol–water partition coefficient (Wildman–Crippen LogP) is 3.04. The summed E-state index contributed by atoms with van der Waals surface area (Å²) in [5.41, 5.74) is 2.49. The molecule has 1 saturated heterocycles. The van der Waals surface area contributed by atoms with Gasteiger partial charge in [0.25, 0.3) is 5.91 Å². The van der Waals surface area contributed by atoms with Gasteiger partial charge in [-0.1, -0.05) is 43.7 Å². The van der Waals surface area contributed by atoms with Gasteiger partial charge in [0.05, 0.1) is 24.0 Å². The molecule has 0 bridgehead atoms. The lowest BCUT2D eigenvalue weighted by atomic mass is 9.74. The minimum atomic E-state index is -0.647. The number of pyridine rings is 1. The molecule has 0 radical (unpaired) electrons. The predicted molar refractivity (Wildman–Crippen MR) is 105 cm³/mol. The number of hydrogen-bond acceptors (Lipinski definition) is 4. The van der Waals surface area contributed by atoms with Crippen molar-refractivity contribution in [3.8, 4) is 11.1 Å². The molecule has 5 nitrogen and oxygen atoms in total. The number of benzene rings is 1. The molecule has 1 aromatic carbocycles. The van der Waals surface area contributed by atoms with Gasteiger partial charge in [0.2, 0.25) is 0 Å². The van der Waals surface area contributed by atoms with Gasteiger partial charge in [0, 0.05) is 24.7 Å². The van der Waals surface area contributed by atoms with Crippen LogP contribution in [0.4, 0.5) is 0 Å². The van der Waals surface area contributed by atoms with Crippen LogP contribution >= 0.6 is 0 Å². The lowest BCUT2D eigenvalue weighted by molar-refractivity contribution is -0.0720. The van der Waals surface area contributed by atoms with Crippen molar-refractivity contribution in [2.45, 2.75) is 39.2 Å². The van der Waals surface area contributed by atoms with E-state index in [2.05, 4.69) is 4.98 Å². The minimum Gasteiger partial charge on any atom is -0.396 e. The van der Waals surface area contributed by atoms with E-state index in [4.69, 9.17) is 0 Å². The number of likely N-dealkylation sites (tertiary alicyclic amines) is 1. The molecule has 2 heterocycles. The van der Waals surface area contributed by atoms with Crippen LogP contribution in [0, 0.1) is 12.3 Å². The first-order chi connectivity index (χ1) is 13.0. The van der Waals surface area contributed by atoms with Gasteiger partial charge >= 0.3 is 0 Å². The number of hydrogen-bond donors (Lipinski definition) is 2. The van der Waals surface area contributed by atoms with Crippen molar-refractivity contribution in [3.05, 3.63) is 53.9 Å². The van der Waals surface area contributed by atoms with E-state index in [1.807, 2.05) is 50.2 Å². The summed E-state index contributed by atoms with van der Waals surface area (Å²) in [6.45, 7) is 4.60. The summed E-state index contributed by atoms with van der Waals surface area (Å²) < 4.78 is 0. The number of amides is 1. The van der Waals surface area contributed by atoms with Gasteiger partial charge in [-0.2, -0.15) is 0 Å². The van der Waals surface area contributed by atoms with E-state index in [1.165, 1.54) is 0 Å². The lowest BCUT2D eigenvalue weighted by Gasteiger charge is -2.45. The highest BCUT2D eigenvalue weighted by molar-refractivity contribution is 6.01. The van der Waals surface area contributed by atoms with E-state index >= 15 is 0 Å². The maximum absolute atomic E-state index is 13.5. The van der Waals surface area contributed by atoms with Crippen LogP contribution < -0.4 is 0 Å². The highest BCUT2D eigenvalue weighted by atomic mass is 16.3. The largest absolute Gasteiger partial charge is 0.396 e. The van der Waals surface area contributed by atoms with Gasteiger partial charge in [0.1, 0.15) is 0 Å². The summed E-state index contributed by atoms with van der Waals surface area (Å²) in [5, 5.41) is 20.5. The summed E-state index contributed by atoms with van der Waals surface area (Å²) >= 11 is 0. The van der Waals surface area contributed by atoms with Gasteiger partial charge < -0.3 is 15.1 Å². The number of nitrogens with zero attached hydrogens (tertiary/aromatic N) is 2. The zero-order valence-electron chi connectivity index (χ0n) is 16.1. The Kier molecular flexibility index (Phi) is 5.92. The number of aliphatic hydroxyl groups is 2. The number of carbonyl (C=O) groups is 1. The van der Waals surface area contributed by atoms with Gasteiger partial charge in [-0.25, -0.2) is 0 Å². The van der Waals surface area contributed by atoms with Crippen LogP contribution in [0.15, 0.2) is 42.6 Å². The average Bonchev–Trinajstić information content (AvgIpc) is 2.70. The summed E-state index contributed by atoms with van der Waals surface area (Å²) in [5.74, 6) is -0.0831. The normalized spacial score (nSPS) is 22.7. The van der Waals surface area contributed by atoms with Crippen molar-refractivity contribution in [2.75, 3.05) is 19.7 Å². The molecule has 27 heavy (non-hydrogen) atoms. The average molecular weight is 368 g/mol. The second-order valence-corrected chi connectivity index (χ2v) is 7.49. The Bertz CT molecular complexity index is 793. The van der Waals surface area contributed by atoms with Crippen molar-refractivity contribution < 1.29 is 15.0 Å². The topological polar surface area (TPSA) is 73.7 Å². The van der Waals surface area contributed by atoms with Crippen LogP contribution in [0.2, 0.25) is 0 Å². The maximum Gasteiger partial charge on any atom is 0.256 e. The van der Waals surface area contributed by atoms with Gasteiger partial charge in [-0.15, -0.1) is 0 Å². The molecule has 2 N–H and O–H groups in total. The van der Waals surface area contributed by atoms with E-state index in [-0.39, 0.29) is 12.5 Å². The summed E-state index contributed by atoms with van der Waals surface area (Å²) in [7, 11) is 0. The zero-order chi connectivity index (χ0) is 19.4. The molecule has 144 valence electrons. The third-order valence-corrected chi connectivity index (χ3v) is 5.67. The third-order valence-electron chi connectivity index (χ3n) is 5.67. The van der Waals surface area contributed by atoms with Crippen molar-refractivity contribution in [3.63, 3.8) is 0 Å². The van der Waals surface area contributed by atoms with E-state index < -0.39 is 11.5 Å². The summed E-state index contributed by atoms with van der Waals surface area (Å²) in [4.78, 5) is 19.6. The molecule has 3 rings (SSSR count). The van der Waals surface area contributed by atoms with Crippen molar-refractivity contribution >= 4 is 5.91 Å². The zero-order valence-corrected chi connectivity index (χ0v) is 16.1. The Balaban J connectivity index is 1.97. The van der Waals surface area contributed by atoms with Crippen LogP contribution in [-0.4, -0.2) is 51.8 Å². The molecular weight excluding hydrogens is 340 g/mol.